The molecule has 4 atom stereocenters. The molecule has 0 saturated carbocycles. The number of hydrogen-bond donors (Lipinski definition) is 2. The Bertz CT molecular complexity index is 2910. The largest absolute Gasteiger partial charge is 0.493 e. The lowest BCUT2D eigenvalue weighted by molar-refractivity contribution is -0.130. The third-order valence-corrected chi connectivity index (χ3v) is 14.3. The highest BCUT2D eigenvalue weighted by molar-refractivity contribution is 6.10. The van der Waals surface area contributed by atoms with E-state index in [1.807, 2.05) is 89.5 Å². The highest BCUT2D eigenvalue weighted by atomic mass is 16.5. The molecule has 5 aromatic rings. The number of methoxy groups -OCH3 is 1. The molecule has 0 saturated heterocycles. The molecule has 0 aromatic heterocycles. The number of amides is 4. The first-order valence-electron chi connectivity index (χ1n) is 24.5. The van der Waals surface area contributed by atoms with Gasteiger partial charge in [-0.25, -0.2) is 0 Å². The Morgan fingerprint density at radius 3 is 1.83 bits per heavy atom. The van der Waals surface area contributed by atoms with E-state index in [4.69, 9.17) is 14.2 Å². The number of carbonyl (C=O) groups is 6. The lowest BCUT2D eigenvalue weighted by Gasteiger charge is -2.23. The Morgan fingerprint density at radius 1 is 0.686 bits per heavy atom. The van der Waals surface area contributed by atoms with Crippen molar-refractivity contribution in [1.29, 1.82) is 0 Å². The summed E-state index contributed by atoms with van der Waals surface area (Å²) in [5, 5.41) is 5.66. The minimum Gasteiger partial charge on any atom is -0.493 e. The molecule has 4 aliphatic rings. The van der Waals surface area contributed by atoms with Gasteiger partial charge in [0.05, 0.1) is 13.2 Å². The second-order valence-corrected chi connectivity index (χ2v) is 19.2. The monoisotopic (exact) mass is 944 g/mol. The summed E-state index contributed by atoms with van der Waals surface area (Å²) in [4.78, 5) is 83.1. The van der Waals surface area contributed by atoms with Gasteiger partial charge >= 0.3 is 0 Å². The summed E-state index contributed by atoms with van der Waals surface area (Å²) < 4.78 is 18.8. The fourth-order valence-electron chi connectivity index (χ4n) is 10.4. The van der Waals surface area contributed by atoms with E-state index in [0.29, 0.717) is 52.5 Å². The molecule has 13 heteroatoms. The number of aryl methyl sites for hydroxylation is 3. The standard InChI is InChI=1S/C57H60N4O9/c1-6-45(62)19-20-54(64)58-35(4)50(63)22-34(3)55(65)59-42-24-36(31-69-51-28-38-15-17-43-26-40-11-7-9-13-48(40)60(43)56(66)46(38)21-33(51)2)23-37(25-42)32-70-53-29-39-16-18-44-27-41-12-8-10-14-49(41)61(44)57(67)47(39)30-52(53)68-5/h7-14,21,23-25,28-30,34-35,43-44H,6,15-20,22,26-27,31-32H2,1-5H3,(H,58,64)(H,59,65)/t34-,35+,43+,44+/m0/s1. The molecule has 70 heavy (non-hydrogen) atoms. The van der Waals surface area contributed by atoms with E-state index >= 15 is 0 Å². The van der Waals surface area contributed by atoms with Crippen LogP contribution in [-0.2, 0) is 58.1 Å². The number of fused-ring (bicyclic) bond motifs is 8. The molecular weight excluding hydrogens is 885 g/mol. The van der Waals surface area contributed by atoms with Crippen molar-refractivity contribution in [1.82, 2.24) is 5.32 Å². The van der Waals surface area contributed by atoms with Gasteiger partial charge in [0.25, 0.3) is 11.8 Å². The van der Waals surface area contributed by atoms with Crippen LogP contribution in [0.25, 0.3) is 0 Å². The van der Waals surface area contributed by atoms with Crippen LogP contribution in [-0.4, -0.2) is 60.4 Å². The Labute approximate surface area is 408 Å². The fraction of sp³-hybridized carbons (Fsp3) is 0.368. The number of ketones is 2. The van der Waals surface area contributed by atoms with Crippen molar-refractivity contribution < 1.29 is 43.0 Å². The number of rotatable bonds is 17. The van der Waals surface area contributed by atoms with Crippen molar-refractivity contribution >= 4 is 52.3 Å². The summed E-state index contributed by atoms with van der Waals surface area (Å²) in [7, 11) is 1.55. The van der Waals surface area contributed by atoms with Gasteiger partial charge in [-0.1, -0.05) is 50.2 Å². The lowest BCUT2D eigenvalue weighted by Crippen LogP contribution is -2.40. The molecule has 0 aliphatic carbocycles. The summed E-state index contributed by atoms with van der Waals surface area (Å²) in [5.41, 5.74) is 10.1. The zero-order valence-corrected chi connectivity index (χ0v) is 40.5. The maximum atomic E-state index is 14.1. The molecule has 0 unspecified atom stereocenters. The van der Waals surface area contributed by atoms with Gasteiger partial charge < -0.3 is 34.6 Å². The van der Waals surface area contributed by atoms with Crippen LogP contribution in [0.3, 0.4) is 0 Å². The second-order valence-electron chi connectivity index (χ2n) is 19.2. The molecule has 13 nitrogen and oxygen atoms in total. The number of carbonyl (C=O) groups excluding carboxylic acids is 6. The van der Waals surface area contributed by atoms with Crippen LogP contribution in [0.4, 0.5) is 17.1 Å². The normalized spacial score (nSPS) is 17.3. The molecule has 4 heterocycles. The Kier molecular flexibility index (Phi) is 13.9. The third-order valence-electron chi connectivity index (χ3n) is 14.3. The first kappa shape index (κ1) is 47.8. The van der Waals surface area contributed by atoms with Gasteiger partial charge in [0.2, 0.25) is 11.8 Å². The average Bonchev–Trinajstić information content (AvgIpc) is 3.85. The molecule has 0 radical (unpaired) electrons. The molecule has 362 valence electrons. The molecule has 0 bridgehead atoms. The quantitative estimate of drug-likeness (QED) is 0.0928. The van der Waals surface area contributed by atoms with E-state index in [0.717, 1.165) is 65.7 Å². The topological polar surface area (TPSA) is 161 Å². The van der Waals surface area contributed by atoms with Crippen molar-refractivity contribution in [3.63, 3.8) is 0 Å². The first-order chi connectivity index (χ1) is 33.8. The van der Waals surface area contributed by atoms with Crippen molar-refractivity contribution in [2.75, 3.05) is 22.2 Å². The number of Topliss-reactive ketones (excluding diaryl/α,β-unsaturated/α-hetero) is 2. The number of benzene rings is 5. The highest BCUT2D eigenvalue weighted by Gasteiger charge is 2.39. The Morgan fingerprint density at radius 2 is 1.24 bits per heavy atom. The van der Waals surface area contributed by atoms with Crippen molar-refractivity contribution in [3.8, 4) is 17.2 Å². The second kappa shape index (κ2) is 20.4. The summed E-state index contributed by atoms with van der Waals surface area (Å²) >= 11 is 0. The van der Waals surface area contributed by atoms with E-state index < -0.39 is 17.9 Å². The van der Waals surface area contributed by atoms with Gasteiger partial charge in [-0.15, -0.1) is 0 Å². The Balaban J connectivity index is 0.936. The number of anilines is 3. The van der Waals surface area contributed by atoms with Gasteiger partial charge in [0.15, 0.2) is 17.3 Å². The van der Waals surface area contributed by atoms with Crippen LogP contribution in [0.15, 0.2) is 91.0 Å². The first-order valence-corrected chi connectivity index (χ1v) is 24.5. The molecule has 2 N–H and O–H groups in total. The molecule has 0 spiro atoms. The van der Waals surface area contributed by atoms with Gasteiger partial charge in [0.1, 0.15) is 24.7 Å². The molecule has 9 rings (SSSR count). The smallest absolute Gasteiger partial charge is 0.258 e. The average molecular weight is 945 g/mol. The molecule has 4 amide bonds. The fourth-order valence-corrected chi connectivity index (χ4v) is 10.4. The summed E-state index contributed by atoms with van der Waals surface area (Å²) in [5.74, 6) is -0.353. The van der Waals surface area contributed by atoms with Crippen molar-refractivity contribution in [3.05, 3.63) is 141 Å². The minimum atomic E-state index is -0.830. The van der Waals surface area contributed by atoms with Crippen LogP contribution in [0.2, 0.25) is 0 Å². The summed E-state index contributed by atoms with van der Waals surface area (Å²) in [6, 6.07) is 28.7. The van der Waals surface area contributed by atoms with Gasteiger partial charge in [-0.05, 0) is 146 Å². The van der Waals surface area contributed by atoms with Crippen molar-refractivity contribution in [2.24, 2.45) is 5.92 Å². The zero-order chi connectivity index (χ0) is 49.2. The van der Waals surface area contributed by atoms with Gasteiger partial charge in [-0.2, -0.15) is 0 Å². The number of hydrogen-bond acceptors (Lipinski definition) is 9. The van der Waals surface area contributed by atoms with Gasteiger partial charge in [0, 0.05) is 71.9 Å². The molecule has 0 fully saturated rings. The number of nitrogens with zero attached hydrogens (tertiary/aromatic N) is 2. The molecule has 5 aromatic carbocycles. The zero-order valence-electron chi connectivity index (χ0n) is 40.5. The van der Waals surface area contributed by atoms with Crippen LogP contribution in [0.1, 0.15) is 119 Å². The summed E-state index contributed by atoms with van der Waals surface area (Å²) in [6.45, 7) is 7.12. The predicted octanol–water partition coefficient (Wildman–Crippen LogP) is 8.99. The Hall–Kier alpha value is -7.28. The van der Waals surface area contributed by atoms with E-state index in [9.17, 15) is 28.8 Å². The van der Waals surface area contributed by atoms with E-state index in [1.165, 1.54) is 11.1 Å². The van der Waals surface area contributed by atoms with Gasteiger partial charge in [-0.3, -0.25) is 28.8 Å². The number of nitrogens with one attached hydrogen (secondary N) is 2. The van der Waals surface area contributed by atoms with Crippen LogP contribution in [0.5, 0.6) is 17.2 Å². The molecule has 4 aliphatic heterocycles. The number of ether oxygens (including phenoxy) is 3. The SMILES string of the molecule is CCC(=O)CCC(=O)N[C@H](C)C(=O)C[C@H](C)C(=O)Nc1cc(COc2cc3c(cc2C)C(=O)N2c4ccccc4C[C@H]2CC3)cc(COc2cc3c(cc2OC)C(=O)N2c4ccccc4C[C@H]2CC3)c1. The highest BCUT2D eigenvalue weighted by Crippen LogP contribution is 2.42. The van der Waals surface area contributed by atoms with Crippen LogP contribution >= 0.6 is 0 Å². The van der Waals surface area contributed by atoms with E-state index in [2.05, 4.69) is 22.8 Å². The van der Waals surface area contributed by atoms with E-state index in [-0.39, 0.29) is 73.8 Å². The maximum Gasteiger partial charge on any atom is 0.258 e. The lowest BCUT2D eigenvalue weighted by atomic mass is 9.98. The molecular formula is C57H60N4O9. The minimum absolute atomic E-state index is 0.000296. The summed E-state index contributed by atoms with van der Waals surface area (Å²) in [6.07, 6.45) is 5.04. The maximum absolute atomic E-state index is 14.1. The van der Waals surface area contributed by atoms with Crippen LogP contribution in [0, 0.1) is 12.8 Å². The van der Waals surface area contributed by atoms with Crippen molar-refractivity contribution in [2.45, 2.75) is 123 Å². The number of para-hydroxylation sites is 2. The predicted molar refractivity (Wildman–Crippen MR) is 267 cm³/mol. The van der Waals surface area contributed by atoms with E-state index in [1.54, 1.807) is 33.9 Å². The van der Waals surface area contributed by atoms with Crippen LogP contribution < -0.4 is 34.6 Å². The third kappa shape index (κ3) is 9.92.